The molecule has 0 bridgehead atoms. The van der Waals surface area contributed by atoms with Crippen LogP contribution in [0.25, 0.3) is 0 Å². The van der Waals surface area contributed by atoms with E-state index in [9.17, 15) is 19.1 Å². The molecule has 0 aliphatic rings. The highest BCUT2D eigenvalue weighted by Gasteiger charge is 2.32. The lowest BCUT2D eigenvalue weighted by Crippen LogP contribution is -2.31. The van der Waals surface area contributed by atoms with Gasteiger partial charge in [-0.05, 0) is 43.0 Å². The molecule has 0 saturated heterocycles. The van der Waals surface area contributed by atoms with E-state index >= 15 is 0 Å². The number of ketones is 1. The molecule has 180 valence electrons. The summed E-state index contributed by atoms with van der Waals surface area (Å²) in [7, 11) is 1.38. The first-order chi connectivity index (χ1) is 15.6. The second-order valence-electron chi connectivity index (χ2n) is 8.48. The number of carbonyl (C=O) groups excluding carboxylic acids is 2. The van der Waals surface area contributed by atoms with Gasteiger partial charge in [-0.15, -0.1) is 0 Å². The van der Waals surface area contributed by atoms with Crippen LogP contribution in [0.2, 0.25) is 0 Å². The van der Waals surface area contributed by atoms with Crippen LogP contribution >= 0.6 is 0 Å². The molecule has 2 aromatic rings. The van der Waals surface area contributed by atoms with Gasteiger partial charge in [-0.3, -0.25) is 9.59 Å². The molecule has 0 saturated carbocycles. The van der Waals surface area contributed by atoms with Crippen molar-refractivity contribution in [2.45, 2.75) is 65.9 Å². The summed E-state index contributed by atoms with van der Waals surface area (Å²) in [6.07, 6.45) is 2.50. The molecule has 1 N–H and O–H groups in total. The van der Waals surface area contributed by atoms with E-state index in [-0.39, 0.29) is 41.3 Å². The summed E-state index contributed by atoms with van der Waals surface area (Å²) in [5.74, 6) is -2.08. The van der Waals surface area contributed by atoms with Crippen LogP contribution in [0.5, 0.6) is 11.5 Å². The summed E-state index contributed by atoms with van der Waals surface area (Å²) < 4.78 is 24.5. The summed E-state index contributed by atoms with van der Waals surface area (Å²) in [6, 6.07) is 6.14. The smallest absolute Gasteiger partial charge is 0.309 e. The van der Waals surface area contributed by atoms with E-state index in [1.165, 1.54) is 31.5 Å². The molecular formula is C26H34FNO5. The lowest BCUT2D eigenvalue weighted by atomic mass is 9.78. The molecule has 0 aliphatic heterocycles. The highest BCUT2D eigenvalue weighted by Crippen LogP contribution is 2.36. The second-order valence-corrected chi connectivity index (χ2v) is 8.48. The van der Waals surface area contributed by atoms with Gasteiger partial charge in [0.1, 0.15) is 11.9 Å². The molecule has 0 amide bonds. The normalized spacial score (nSPS) is 13.9. The van der Waals surface area contributed by atoms with Gasteiger partial charge in [-0.1, -0.05) is 39.7 Å². The number of pyridine rings is 1. The Morgan fingerprint density at radius 1 is 1.15 bits per heavy atom. The number of Topliss-reactive ketones (excluding diaryl/α,β-unsaturated/α-hetero) is 1. The monoisotopic (exact) mass is 459 g/mol. The van der Waals surface area contributed by atoms with Crippen LogP contribution < -0.4 is 4.74 Å². The average molecular weight is 460 g/mol. The summed E-state index contributed by atoms with van der Waals surface area (Å²) in [5, 5.41) is 10.2. The predicted octanol–water partition coefficient (Wildman–Crippen LogP) is 5.60. The number of aryl methyl sites for hydroxylation is 1. The maximum atomic E-state index is 13.7. The van der Waals surface area contributed by atoms with Crippen LogP contribution in [0.4, 0.5) is 4.39 Å². The van der Waals surface area contributed by atoms with E-state index in [1.807, 2.05) is 13.8 Å². The SMILES string of the molecule is CCC(CC)[C@@H](c1ccc(F)cc1C)[C@H](C)OC(=O)[C@H](C)CC(=O)c1nccc(OC)c1O. The number of ether oxygens (including phenoxy) is 2. The van der Waals surface area contributed by atoms with Crippen molar-refractivity contribution in [1.82, 2.24) is 4.98 Å². The zero-order valence-electron chi connectivity index (χ0n) is 20.2. The number of nitrogens with zero attached hydrogens (tertiary/aromatic N) is 1. The number of hydrogen-bond donors (Lipinski definition) is 1. The number of methoxy groups -OCH3 is 1. The Kier molecular flexibility index (Phi) is 9.38. The summed E-state index contributed by atoms with van der Waals surface area (Å²) in [4.78, 5) is 29.4. The molecule has 0 radical (unpaired) electrons. The van der Waals surface area contributed by atoms with Crippen molar-refractivity contribution in [3.05, 3.63) is 53.1 Å². The van der Waals surface area contributed by atoms with E-state index in [2.05, 4.69) is 18.8 Å². The first-order valence-electron chi connectivity index (χ1n) is 11.4. The van der Waals surface area contributed by atoms with Crippen molar-refractivity contribution in [1.29, 1.82) is 0 Å². The summed E-state index contributed by atoms with van der Waals surface area (Å²) in [5.41, 5.74) is 1.64. The highest BCUT2D eigenvalue weighted by atomic mass is 19.1. The predicted molar refractivity (Wildman–Crippen MR) is 124 cm³/mol. The van der Waals surface area contributed by atoms with Crippen LogP contribution in [0.1, 0.15) is 74.5 Å². The quantitative estimate of drug-likeness (QED) is 0.348. The molecule has 0 aliphatic carbocycles. The van der Waals surface area contributed by atoms with E-state index < -0.39 is 23.8 Å². The Morgan fingerprint density at radius 2 is 1.82 bits per heavy atom. The molecule has 3 atom stereocenters. The molecule has 7 heteroatoms. The maximum absolute atomic E-state index is 13.7. The van der Waals surface area contributed by atoms with Gasteiger partial charge < -0.3 is 14.6 Å². The number of aromatic hydroxyl groups is 1. The number of aromatic nitrogens is 1. The van der Waals surface area contributed by atoms with Crippen molar-refractivity contribution in [2.75, 3.05) is 7.11 Å². The molecule has 0 unspecified atom stereocenters. The zero-order valence-corrected chi connectivity index (χ0v) is 20.2. The molecule has 2 rings (SSSR count). The number of benzene rings is 1. The fraction of sp³-hybridized carbons (Fsp3) is 0.500. The molecule has 0 fully saturated rings. The summed E-state index contributed by atoms with van der Waals surface area (Å²) in [6.45, 7) is 9.48. The largest absolute Gasteiger partial charge is 0.503 e. The number of rotatable bonds is 11. The third-order valence-electron chi connectivity index (χ3n) is 6.22. The summed E-state index contributed by atoms with van der Waals surface area (Å²) >= 11 is 0. The molecule has 1 heterocycles. The Morgan fingerprint density at radius 3 is 2.39 bits per heavy atom. The Hall–Kier alpha value is -2.96. The molecule has 6 nitrogen and oxygen atoms in total. The number of hydrogen-bond acceptors (Lipinski definition) is 6. The van der Waals surface area contributed by atoms with Gasteiger partial charge in [0, 0.05) is 24.6 Å². The topological polar surface area (TPSA) is 85.7 Å². The lowest BCUT2D eigenvalue weighted by molar-refractivity contribution is -0.154. The fourth-order valence-corrected chi connectivity index (χ4v) is 4.34. The minimum absolute atomic E-state index is 0.100. The Bertz CT molecular complexity index is 973. The van der Waals surface area contributed by atoms with E-state index in [1.54, 1.807) is 13.0 Å². The Labute approximate surface area is 195 Å². The second kappa shape index (κ2) is 11.8. The maximum Gasteiger partial charge on any atom is 0.309 e. The van der Waals surface area contributed by atoms with Gasteiger partial charge in [0.25, 0.3) is 0 Å². The molecule has 0 spiro atoms. The van der Waals surface area contributed by atoms with Gasteiger partial charge in [0.05, 0.1) is 13.0 Å². The third kappa shape index (κ3) is 6.30. The molecule has 1 aromatic carbocycles. The Balaban J connectivity index is 2.17. The van der Waals surface area contributed by atoms with Gasteiger partial charge in [0.2, 0.25) is 0 Å². The zero-order chi connectivity index (χ0) is 24.7. The van der Waals surface area contributed by atoms with Crippen LogP contribution in [-0.2, 0) is 9.53 Å². The van der Waals surface area contributed by atoms with Crippen LogP contribution in [0, 0.1) is 24.6 Å². The average Bonchev–Trinajstić information content (AvgIpc) is 2.77. The van der Waals surface area contributed by atoms with Crippen molar-refractivity contribution >= 4 is 11.8 Å². The molecular weight excluding hydrogens is 425 g/mol. The van der Waals surface area contributed by atoms with Crippen LogP contribution in [0.3, 0.4) is 0 Å². The number of halogens is 1. The van der Waals surface area contributed by atoms with Crippen molar-refractivity contribution in [3.63, 3.8) is 0 Å². The van der Waals surface area contributed by atoms with E-state index in [0.717, 1.165) is 24.0 Å². The van der Waals surface area contributed by atoms with Crippen molar-refractivity contribution in [3.8, 4) is 11.5 Å². The van der Waals surface area contributed by atoms with Crippen molar-refractivity contribution in [2.24, 2.45) is 11.8 Å². The number of carbonyl (C=O) groups is 2. The standard InChI is InChI=1S/C26H34FNO5/c1-7-18(8-2)23(20-10-9-19(27)13-15(20)3)17(5)33-26(31)16(4)14-21(29)24-25(30)22(32-6)11-12-28-24/h9-13,16-18,23,30H,7-8,14H2,1-6H3/t16-,17+,23+/m1/s1. The lowest BCUT2D eigenvalue weighted by Gasteiger charge is -2.32. The molecule has 33 heavy (non-hydrogen) atoms. The van der Waals surface area contributed by atoms with Gasteiger partial charge in [-0.2, -0.15) is 0 Å². The van der Waals surface area contributed by atoms with Crippen LogP contribution in [0.15, 0.2) is 30.5 Å². The minimum Gasteiger partial charge on any atom is -0.503 e. The van der Waals surface area contributed by atoms with E-state index in [4.69, 9.17) is 9.47 Å². The van der Waals surface area contributed by atoms with Gasteiger partial charge in [0.15, 0.2) is 23.0 Å². The number of esters is 1. The first kappa shape index (κ1) is 26.3. The van der Waals surface area contributed by atoms with Crippen LogP contribution in [-0.4, -0.2) is 35.1 Å². The fourth-order valence-electron chi connectivity index (χ4n) is 4.34. The van der Waals surface area contributed by atoms with E-state index in [0.29, 0.717) is 0 Å². The third-order valence-corrected chi connectivity index (χ3v) is 6.22. The van der Waals surface area contributed by atoms with Gasteiger partial charge >= 0.3 is 5.97 Å². The highest BCUT2D eigenvalue weighted by molar-refractivity contribution is 5.99. The van der Waals surface area contributed by atoms with Gasteiger partial charge in [-0.25, -0.2) is 9.37 Å². The first-order valence-corrected chi connectivity index (χ1v) is 11.4. The molecule has 1 aromatic heterocycles. The minimum atomic E-state index is -0.732. The van der Waals surface area contributed by atoms with Crippen molar-refractivity contribution < 1.29 is 28.6 Å².